The van der Waals surface area contributed by atoms with Crippen molar-refractivity contribution in [3.63, 3.8) is 0 Å². The molecule has 1 amide bonds. The summed E-state index contributed by atoms with van der Waals surface area (Å²) in [5, 5.41) is 0.231. The number of pyridine rings is 1. The minimum absolute atomic E-state index is 0.0291. The number of rotatable bonds is 4. The number of nitrogens with zero attached hydrogens (tertiary/aromatic N) is 6. The van der Waals surface area contributed by atoms with Crippen molar-refractivity contribution in [2.45, 2.75) is 76.1 Å². The molecule has 3 atom stereocenters. The van der Waals surface area contributed by atoms with Crippen molar-refractivity contribution >= 4 is 34.4 Å². The lowest BCUT2D eigenvalue weighted by molar-refractivity contribution is 0.0122. The van der Waals surface area contributed by atoms with E-state index in [4.69, 9.17) is 26.1 Å². The van der Waals surface area contributed by atoms with Gasteiger partial charge in [-0.15, -0.1) is 0 Å². The Balaban J connectivity index is 1.30. The van der Waals surface area contributed by atoms with Gasteiger partial charge in [0.25, 0.3) is 0 Å². The summed E-state index contributed by atoms with van der Waals surface area (Å²) in [5.74, 6) is -0.145. The van der Waals surface area contributed by atoms with Crippen molar-refractivity contribution in [2.24, 2.45) is 0 Å². The molecule has 9 nitrogen and oxygen atoms in total. The highest BCUT2D eigenvalue weighted by molar-refractivity contribution is 6.30. The summed E-state index contributed by atoms with van der Waals surface area (Å²) < 4.78 is 27.1. The average Bonchev–Trinajstić information content (AvgIpc) is 3.46. The lowest BCUT2D eigenvalue weighted by Gasteiger charge is -2.42. The van der Waals surface area contributed by atoms with Gasteiger partial charge < -0.3 is 14.4 Å². The molecule has 2 aromatic rings. The zero-order chi connectivity index (χ0) is 26.8. The van der Waals surface area contributed by atoms with Crippen molar-refractivity contribution in [3.8, 4) is 6.01 Å². The van der Waals surface area contributed by atoms with E-state index in [0.717, 1.165) is 45.2 Å². The SMILES string of the molecule is C=C1CN2CCCC2(COc2nc(N3C[C@H]4CC[C@@H](C3)N4C(=O)OC(C)(C)C)c3cnc(Cl)c(F)c3n2)C1. The Morgan fingerprint density at radius 3 is 2.71 bits per heavy atom. The van der Waals surface area contributed by atoms with E-state index in [2.05, 4.69) is 26.3 Å². The smallest absolute Gasteiger partial charge is 0.410 e. The third kappa shape index (κ3) is 4.45. The number of anilines is 1. The van der Waals surface area contributed by atoms with E-state index in [0.29, 0.717) is 30.9 Å². The van der Waals surface area contributed by atoms with Gasteiger partial charge in [0, 0.05) is 25.8 Å². The Morgan fingerprint density at radius 2 is 2.00 bits per heavy atom. The molecule has 0 spiro atoms. The molecule has 6 heterocycles. The van der Waals surface area contributed by atoms with Crippen molar-refractivity contribution in [3.05, 3.63) is 29.3 Å². The predicted molar refractivity (Wildman–Crippen MR) is 142 cm³/mol. The van der Waals surface area contributed by atoms with Crippen LogP contribution in [0, 0.1) is 5.82 Å². The number of piperazine rings is 1. The van der Waals surface area contributed by atoms with Gasteiger partial charge in [0.2, 0.25) is 0 Å². The maximum absolute atomic E-state index is 15.2. The molecule has 2 bridgehead atoms. The molecule has 4 saturated heterocycles. The highest BCUT2D eigenvalue weighted by Crippen LogP contribution is 2.41. The maximum Gasteiger partial charge on any atom is 0.410 e. The fourth-order valence-corrected chi connectivity index (χ4v) is 6.78. The van der Waals surface area contributed by atoms with Crippen LogP contribution in [0.1, 0.15) is 52.9 Å². The van der Waals surface area contributed by atoms with Gasteiger partial charge in [-0.2, -0.15) is 9.97 Å². The summed E-state index contributed by atoms with van der Waals surface area (Å²) in [7, 11) is 0. The van der Waals surface area contributed by atoms with Crippen molar-refractivity contribution in [1.29, 1.82) is 0 Å². The molecule has 0 aliphatic carbocycles. The average molecular weight is 545 g/mol. The number of fused-ring (bicyclic) bond motifs is 4. The summed E-state index contributed by atoms with van der Waals surface area (Å²) >= 11 is 6.03. The molecule has 0 N–H and O–H groups in total. The zero-order valence-corrected chi connectivity index (χ0v) is 22.9. The Kier molecular flexibility index (Phi) is 6.18. The van der Waals surface area contributed by atoms with Gasteiger partial charge in [0.05, 0.1) is 23.0 Å². The van der Waals surface area contributed by atoms with Crippen LogP contribution in [-0.2, 0) is 4.74 Å². The van der Waals surface area contributed by atoms with Crippen molar-refractivity contribution < 1.29 is 18.7 Å². The van der Waals surface area contributed by atoms with E-state index in [1.54, 1.807) is 0 Å². The number of ether oxygens (including phenoxy) is 2. The number of aromatic nitrogens is 3. The number of hydrogen-bond acceptors (Lipinski definition) is 8. The second kappa shape index (κ2) is 9.19. The normalized spacial score (nSPS) is 27.3. The van der Waals surface area contributed by atoms with Crippen LogP contribution in [0.4, 0.5) is 15.0 Å². The van der Waals surface area contributed by atoms with Crippen LogP contribution >= 0.6 is 11.6 Å². The Hall–Kier alpha value is -2.72. The van der Waals surface area contributed by atoms with Gasteiger partial charge in [0.15, 0.2) is 11.0 Å². The van der Waals surface area contributed by atoms with Gasteiger partial charge >= 0.3 is 12.1 Å². The first kappa shape index (κ1) is 25.6. The van der Waals surface area contributed by atoms with Crippen LogP contribution < -0.4 is 9.64 Å². The van der Waals surface area contributed by atoms with Crippen LogP contribution in [0.2, 0.25) is 5.15 Å². The van der Waals surface area contributed by atoms with Crippen molar-refractivity contribution in [2.75, 3.05) is 37.7 Å². The molecule has 2 aromatic heterocycles. The molecule has 4 aliphatic rings. The predicted octanol–water partition coefficient (Wildman–Crippen LogP) is 4.58. The first-order chi connectivity index (χ1) is 18.0. The van der Waals surface area contributed by atoms with Crippen LogP contribution in [0.5, 0.6) is 6.01 Å². The fourth-order valence-electron chi connectivity index (χ4n) is 6.64. The summed E-state index contributed by atoms with van der Waals surface area (Å²) in [6.07, 6.45) is 5.97. The molecule has 38 heavy (non-hydrogen) atoms. The van der Waals surface area contributed by atoms with E-state index in [1.807, 2.05) is 25.7 Å². The zero-order valence-electron chi connectivity index (χ0n) is 22.2. The molecular weight excluding hydrogens is 511 g/mol. The van der Waals surface area contributed by atoms with Crippen molar-refractivity contribution in [1.82, 2.24) is 24.8 Å². The van der Waals surface area contributed by atoms with Gasteiger partial charge in [0.1, 0.15) is 23.5 Å². The number of carbonyl (C=O) groups excluding carboxylic acids is 1. The standard InChI is InChI=1S/C27H34ClFN6O3/c1-16-10-27(8-5-9-34(27)12-16)15-37-24-31-21-19(11-30-22(28)20(21)29)23(32-24)33-13-17-6-7-18(14-33)35(17)25(36)38-26(2,3)4/h11,17-18H,1,5-10,12-15H2,2-4H3/t17-,18+,27?. The quantitative estimate of drug-likeness (QED) is 0.408. The van der Waals surface area contributed by atoms with Crippen LogP contribution in [0.3, 0.4) is 0 Å². The second-order valence-electron chi connectivity index (χ2n) is 12.1. The molecule has 0 aromatic carbocycles. The minimum Gasteiger partial charge on any atom is -0.461 e. The number of amides is 1. The molecule has 4 fully saturated rings. The topological polar surface area (TPSA) is 83.9 Å². The fraction of sp³-hybridized carbons (Fsp3) is 0.630. The summed E-state index contributed by atoms with van der Waals surface area (Å²) in [4.78, 5) is 32.6. The Morgan fingerprint density at radius 1 is 1.26 bits per heavy atom. The minimum atomic E-state index is -0.692. The van der Waals surface area contributed by atoms with Gasteiger partial charge in [-0.05, 0) is 59.4 Å². The molecular formula is C27H34ClFN6O3. The summed E-state index contributed by atoms with van der Waals surface area (Å²) in [6, 6.07) is 0.0615. The molecule has 6 rings (SSSR count). The molecule has 1 unspecified atom stereocenters. The first-order valence-corrected chi connectivity index (χ1v) is 13.7. The van der Waals surface area contributed by atoms with Crippen LogP contribution in [-0.4, -0.2) is 86.9 Å². The van der Waals surface area contributed by atoms with E-state index in [-0.39, 0.29) is 40.4 Å². The highest BCUT2D eigenvalue weighted by atomic mass is 35.5. The van der Waals surface area contributed by atoms with Crippen LogP contribution in [0.25, 0.3) is 10.9 Å². The first-order valence-electron chi connectivity index (χ1n) is 13.4. The monoisotopic (exact) mass is 544 g/mol. The Labute approximate surface area is 226 Å². The molecule has 204 valence electrons. The third-order valence-corrected chi connectivity index (χ3v) is 8.46. The second-order valence-corrected chi connectivity index (χ2v) is 12.5. The number of halogens is 2. The maximum atomic E-state index is 15.2. The Bertz CT molecular complexity index is 1290. The number of hydrogen-bond donors (Lipinski definition) is 0. The molecule has 0 saturated carbocycles. The van der Waals surface area contributed by atoms with E-state index >= 15 is 4.39 Å². The third-order valence-electron chi connectivity index (χ3n) is 8.19. The van der Waals surface area contributed by atoms with E-state index in [1.165, 1.54) is 11.8 Å². The van der Waals surface area contributed by atoms with Gasteiger partial charge in [-0.3, -0.25) is 9.80 Å². The van der Waals surface area contributed by atoms with Gasteiger partial charge in [-0.25, -0.2) is 14.2 Å². The van der Waals surface area contributed by atoms with E-state index in [9.17, 15) is 4.79 Å². The molecule has 11 heteroatoms. The lowest BCUT2D eigenvalue weighted by atomic mass is 9.94. The summed E-state index contributed by atoms with van der Waals surface area (Å²) in [5.41, 5.74) is 0.618. The highest BCUT2D eigenvalue weighted by Gasteiger charge is 2.47. The number of carbonyl (C=O) groups is 1. The van der Waals surface area contributed by atoms with E-state index < -0.39 is 11.4 Å². The molecule has 0 radical (unpaired) electrons. The lowest BCUT2D eigenvalue weighted by Crippen LogP contribution is -2.57. The van der Waals surface area contributed by atoms with Gasteiger partial charge in [-0.1, -0.05) is 23.8 Å². The summed E-state index contributed by atoms with van der Waals surface area (Å²) in [6.45, 7) is 13.2. The largest absolute Gasteiger partial charge is 0.461 e. The van der Waals surface area contributed by atoms with Crippen LogP contribution in [0.15, 0.2) is 18.3 Å². The molecule has 4 aliphatic heterocycles.